The van der Waals surface area contributed by atoms with Gasteiger partial charge < -0.3 is 18.9 Å². The zero-order valence-corrected chi connectivity index (χ0v) is 20.1. The lowest BCUT2D eigenvalue weighted by Crippen LogP contribution is -2.36. The van der Waals surface area contributed by atoms with Gasteiger partial charge in [-0.3, -0.25) is 0 Å². The molecule has 9 heteroatoms. The fourth-order valence-electron chi connectivity index (χ4n) is 4.03. The monoisotopic (exact) mass is 480 g/mol. The predicted molar refractivity (Wildman–Crippen MR) is 134 cm³/mol. The molecule has 1 fully saturated rings. The van der Waals surface area contributed by atoms with Crippen LogP contribution in [-0.2, 0) is 26.5 Å². The number of nitrogens with one attached hydrogen (secondary N) is 1. The number of allylic oxidation sites excluding steroid dienone is 1. The summed E-state index contributed by atoms with van der Waals surface area (Å²) in [5, 5.41) is 11.7. The number of morpholine rings is 1. The van der Waals surface area contributed by atoms with Crippen LogP contribution in [0.3, 0.4) is 0 Å². The molecular weight excluding hydrogens is 452 g/mol. The highest BCUT2D eigenvalue weighted by atomic mass is 32.2. The van der Waals surface area contributed by atoms with Crippen LogP contribution in [0.15, 0.2) is 53.4 Å². The van der Waals surface area contributed by atoms with E-state index in [1.807, 2.05) is 23.7 Å². The molecule has 34 heavy (non-hydrogen) atoms. The highest BCUT2D eigenvalue weighted by molar-refractivity contribution is 7.93. The fourth-order valence-corrected chi connectivity index (χ4v) is 4.94. The maximum absolute atomic E-state index is 12.4. The molecular formula is C25H28N4O4S. The molecule has 0 aliphatic carbocycles. The van der Waals surface area contributed by atoms with E-state index < -0.39 is 10.0 Å². The van der Waals surface area contributed by atoms with E-state index in [2.05, 4.69) is 46.0 Å². The topological polar surface area (TPSA) is 96.6 Å². The molecule has 0 spiro atoms. The molecule has 1 aliphatic heterocycles. The predicted octanol–water partition coefficient (Wildman–Crippen LogP) is 3.11. The standard InChI is InChI=1S/C25H28N4O4S/c1-28-22(17-24(18-26)34(30,31)27-9-12-32-2)7-8-25(28)21-4-3-20-16-23(6-5-19(20)15-21)29-10-13-33-14-11-29/h3-8,15-17,27H,9-14H2,1-2H3/b24-17+. The van der Waals surface area contributed by atoms with Crippen molar-refractivity contribution in [1.82, 2.24) is 9.29 Å². The van der Waals surface area contributed by atoms with E-state index in [1.165, 1.54) is 18.9 Å². The Labute approximate surface area is 200 Å². The van der Waals surface area contributed by atoms with Crippen molar-refractivity contribution >= 4 is 32.6 Å². The van der Waals surface area contributed by atoms with Gasteiger partial charge in [-0.15, -0.1) is 0 Å². The first-order valence-electron chi connectivity index (χ1n) is 11.1. The Hall–Kier alpha value is -3.16. The summed E-state index contributed by atoms with van der Waals surface area (Å²) in [7, 11) is -0.576. The summed E-state index contributed by atoms with van der Waals surface area (Å²) in [6.07, 6.45) is 1.38. The minimum Gasteiger partial charge on any atom is -0.383 e. The summed E-state index contributed by atoms with van der Waals surface area (Å²) in [4.78, 5) is 1.99. The third-order valence-corrected chi connectivity index (χ3v) is 7.31. The van der Waals surface area contributed by atoms with Crippen LogP contribution in [0.2, 0.25) is 0 Å². The lowest BCUT2D eigenvalue weighted by Gasteiger charge is -2.29. The molecule has 1 N–H and O–H groups in total. The number of methoxy groups -OCH3 is 1. The van der Waals surface area contributed by atoms with E-state index in [0.717, 1.165) is 48.3 Å². The number of hydrogen-bond donors (Lipinski definition) is 1. The normalized spacial score (nSPS) is 15.0. The Balaban J connectivity index is 1.60. The Kier molecular flexibility index (Phi) is 7.34. The van der Waals surface area contributed by atoms with Crippen molar-refractivity contribution in [2.24, 2.45) is 7.05 Å². The number of rotatable bonds is 8. The van der Waals surface area contributed by atoms with Crippen LogP contribution in [0.25, 0.3) is 28.1 Å². The molecule has 178 valence electrons. The average molecular weight is 481 g/mol. The van der Waals surface area contributed by atoms with Gasteiger partial charge in [0.1, 0.15) is 6.07 Å². The Bertz CT molecular complexity index is 1350. The summed E-state index contributed by atoms with van der Waals surface area (Å²) in [6, 6.07) is 18.3. The molecule has 1 saturated heterocycles. The van der Waals surface area contributed by atoms with E-state index in [9.17, 15) is 13.7 Å². The van der Waals surface area contributed by atoms with Gasteiger partial charge in [-0.25, -0.2) is 13.1 Å². The molecule has 0 radical (unpaired) electrons. The third-order valence-electron chi connectivity index (χ3n) is 5.93. The number of nitriles is 1. The van der Waals surface area contributed by atoms with Gasteiger partial charge >= 0.3 is 0 Å². The van der Waals surface area contributed by atoms with Gasteiger partial charge in [0.05, 0.1) is 19.8 Å². The molecule has 2 aromatic carbocycles. The molecule has 8 nitrogen and oxygen atoms in total. The quantitative estimate of drug-likeness (QED) is 0.393. The molecule has 3 aromatic rings. The lowest BCUT2D eigenvalue weighted by atomic mass is 10.0. The number of ether oxygens (including phenoxy) is 2. The summed E-state index contributed by atoms with van der Waals surface area (Å²) < 4.78 is 39.5. The molecule has 0 unspecified atom stereocenters. The maximum atomic E-state index is 12.4. The zero-order chi connectivity index (χ0) is 24.1. The minimum absolute atomic E-state index is 0.0978. The first kappa shape index (κ1) is 24.0. The van der Waals surface area contributed by atoms with Gasteiger partial charge in [0, 0.05) is 50.9 Å². The summed E-state index contributed by atoms with van der Waals surface area (Å²) >= 11 is 0. The van der Waals surface area contributed by atoms with Crippen LogP contribution in [-0.4, -0.2) is 59.5 Å². The van der Waals surface area contributed by atoms with Crippen molar-refractivity contribution in [3.63, 3.8) is 0 Å². The van der Waals surface area contributed by atoms with Crippen LogP contribution in [0, 0.1) is 11.3 Å². The third kappa shape index (κ3) is 5.16. The van der Waals surface area contributed by atoms with E-state index in [0.29, 0.717) is 5.69 Å². The van der Waals surface area contributed by atoms with Gasteiger partial charge in [0.15, 0.2) is 4.91 Å². The highest BCUT2D eigenvalue weighted by Gasteiger charge is 2.18. The molecule has 0 bridgehead atoms. The largest absolute Gasteiger partial charge is 0.383 e. The van der Waals surface area contributed by atoms with Crippen LogP contribution < -0.4 is 9.62 Å². The molecule has 0 amide bonds. The number of hydrogen-bond acceptors (Lipinski definition) is 6. The van der Waals surface area contributed by atoms with E-state index in [1.54, 1.807) is 6.07 Å². The van der Waals surface area contributed by atoms with E-state index in [4.69, 9.17) is 9.47 Å². The number of sulfonamides is 1. The summed E-state index contributed by atoms with van der Waals surface area (Å²) in [5.41, 5.74) is 3.74. The van der Waals surface area contributed by atoms with Crippen molar-refractivity contribution in [3.05, 3.63) is 59.1 Å². The van der Waals surface area contributed by atoms with E-state index in [-0.39, 0.29) is 18.1 Å². The first-order chi connectivity index (χ1) is 16.4. The van der Waals surface area contributed by atoms with Crippen molar-refractivity contribution < 1.29 is 17.9 Å². The number of benzene rings is 2. The number of anilines is 1. The maximum Gasteiger partial charge on any atom is 0.250 e. The average Bonchev–Trinajstić information content (AvgIpc) is 3.22. The fraction of sp³-hybridized carbons (Fsp3) is 0.320. The number of nitrogens with zero attached hydrogens (tertiary/aromatic N) is 3. The smallest absolute Gasteiger partial charge is 0.250 e. The van der Waals surface area contributed by atoms with Crippen LogP contribution in [0.1, 0.15) is 5.69 Å². The van der Waals surface area contributed by atoms with Crippen molar-refractivity contribution in [1.29, 1.82) is 5.26 Å². The molecule has 2 heterocycles. The van der Waals surface area contributed by atoms with Gasteiger partial charge in [-0.05, 0) is 52.7 Å². The Morgan fingerprint density at radius 1 is 1.15 bits per heavy atom. The second-order valence-corrected chi connectivity index (χ2v) is 9.79. The van der Waals surface area contributed by atoms with Gasteiger partial charge in [-0.1, -0.05) is 18.2 Å². The number of fused-ring (bicyclic) bond motifs is 1. The van der Waals surface area contributed by atoms with Crippen LogP contribution >= 0.6 is 0 Å². The molecule has 1 aliphatic rings. The second-order valence-electron chi connectivity index (χ2n) is 8.06. The first-order valence-corrected chi connectivity index (χ1v) is 12.5. The van der Waals surface area contributed by atoms with Gasteiger partial charge in [0.2, 0.25) is 0 Å². The molecule has 4 rings (SSSR count). The van der Waals surface area contributed by atoms with E-state index >= 15 is 0 Å². The van der Waals surface area contributed by atoms with Crippen molar-refractivity contribution in [2.45, 2.75) is 0 Å². The van der Waals surface area contributed by atoms with Crippen molar-refractivity contribution in [3.8, 4) is 17.3 Å². The SMILES string of the molecule is COCCNS(=O)(=O)/C(C#N)=C/c1ccc(-c2ccc3cc(N4CCOCC4)ccc3c2)n1C. The van der Waals surface area contributed by atoms with Crippen LogP contribution in [0.4, 0.5) is 5.69 Å². The number of aromatic nitrogens is 1. The molecule has 0 atom stereocenters. The van der Waals surface area contributed by atoms with Gasteiger partial charge in [-0.2, -0.15) is 5.26 Å². The Morgan fingerprint density at radius 3 is 2.62 bits per heavy atom. The summed E-state index contributed by atoms with van der Waals surface area (Å²) in [5.74, 6) is 0. The highest BCUT2D eigenvalue weighted by Crippen LogP contribution is 2.29. The summed E-state index contributed by atoms with van der Waals surface area (Å²) in [6.45, 7) is 3.61. The second kappa shape index (κ2) is 10.4. The van der Waals surface area contributed by atoms with Gasteiger partial charge in [0.25, 0.3) is 10.0 Å². The molecule has 0 saturated carbocycles. The molecule has 1 aromatic heterocycles. The van der Waals surface area contributed by atoms with Crippen LogP contribution in [0.5, 0.6) is 0 Å². The van der Waals surface area contributed by atoms with Crippen molar-refractivity contribution in [2.75, 3.05) is 51.5 Å². The zero-order valence-electron chi connectivity index (χ0n) is 19.3. The lowest BCUT2D eigenvalue weighted by molar-refractivity contribution is 0.122. The Morgan fingerprint density at radius 2 is 1.88 bits per heavy atom. The minimum atomic E-state index is -3.91.